The fraction of sp³-hybridized carbons (Fsp3) is 0.526. The Morgan fingerprint density at radius 1 is 1.18 bits per heavy atom. The number of anilines is 1. The van der Waals surface area contributed by atoms with Crippen LogP contribution in [0.4, 0.5) is 5.69 Å². The monoisotopic (exact) mass is 407 g/mol. The Morgan fingerprint density at radius 3 is 2.61 bits per heavy atom. The third-order valence-electron chi connectivity index (χ3n) is 5.13. The molecule has 0 spiro atoms. The van der Waals surface area contributed by atoms with E-state index >= 15 is 0 Å². The Hall–Kier alpha value is -2.16. The van der Waals surface area contributed by atoms with E-state index in [1.807, 2.05) is 0 Å². The third kappa shape index (κ3) is 5.21. The molecule has 2 saturated heterocycles. The number of hydrogen-bond donors (Lipinski definition) is 2. The molecule has 8 nitrogen and oxygen atoms in total. The normalized spacial score (nSPS) is 21.3. The van der Waals surface area contributed by atoms with Gasteiger partial charge in [-0.3, -0.25) is 19.3 Å². The standard InChI is InChI=1S/C19H26ClN5O3/c1-23-8-10-24(11-9-23)13-18(27)25-7-6-21-19(28)16(25)12-17(26)22-15-5-3-2-4-14(15)20/h2-5,16H,6-13H2,1H3,(H,21,28)(H,22,26). The minimum Gasteiger partial charge on any atom is -0.353 e. The highest BCUT2D eigenvalue weighted by molar-refractivity contribution is 6.33. The maximum Gasteiger partial charge on any atom is 0.243 e. The van der Waals surface area contributed by atoms with Crippen molar-refractivity contribution in [3.8, 4) is 0 Å². The summed E-state index contributed by atoms with van der Waals surface area (Å²) in [5, 5.41) is 5.89. The zero-order valence-corrected chi connectivity index (χ0v) is 16.7. The van der Waals surface area contributed by atoms with Crippen LogP contribution in [0, 0.1) is 0 Å². The van der Waals surface area contributed by atoms with Crippen LogP contribution in [0.2, 0.25) is 5.02 Å². The average Bonchev–Trinajstić information content (AvgIpc) is 2.67. The Labute approximate surface area is 169 Å². The minimum absolute atomic E-state index is 0.106. The van der Waals surface area contributed by atoms with E-state index in [1.165, 1.54) is 4.90 Å². The second-order valence-corrected chi connectivity index (χ2v) is 7.61. The molecule has 0 bridgehead atoms. The van der Waals surface area contributed by atoms with E-state index in [0.717, 1.165) is 26.2 Å². The van der Waals surface area contributed by atoms with Gasteiger partial charge in [-0.05, 0) is 19.2 Å². The van der Waals surface area contributed by atoms with Crippen LogP contribution in [0.5, 0.6) is 0 Å². The van der Waals surface area contributed by atoms with Crippen LogP contribution in [0.3, 0.4) is 0 Å². The van der Waals surface area contributed by atoms with Crippen LogP contribution < -0.4 is 10.6 Å². The smallest absolute Gasteiger partial charge is 0.243 e. The number of carbonyl (C=O) groups is 3. The van der Waals surface area contributed by atoms with Crippen molar-refractivity contribution in [1.82, 2.24) is 20.0 Å². The quantitative estimate of drug-likeness (QED) is 0.730. The first-order valence-corrected chi connectivity index (χ1v) is 9.84. The lowest BCUT2D eigenvalue weighted by Gasteiger charge is -2.37. The summed E-state index contributed by atoms with van der Waals surface area (Å²) in [6.07, 6.45) is -0.106. The van der Waals surface area contributed by atoms with Crippen molar-refractivity contribution in [2.24, 2.45) is 0 Å². The molecule has 1 aromatic rings. The molecule has 0 radical (unpaired) electrons. The van der Waals surface area contributed by atoms with Crippen molar-refractivity contribution in [3.63, 3.8) is 0 Å². The van der Waals surface area contributed by atoms with Gasteiger partial charge in [0.1, 0.15) is 6.04 Å². The van der Waals surface area contributed by atoms with Gasteiger partial charge in [-0.1, -0.05) is 23.7 Å². The summed E-state index contributed by atoms with van der Waals surface area (Å²) in [7, 11) is 2.06. The molecule has 0 aliphatic carbocycles. The Bertz CT molecular complexity index is 736. The second kappa shape index (κ2) is 9.36. The van der Waals surface area contributed by atoms with Crippen molar-refractivity contribution >= 4 is 35.0 Å². The molecule has 2 aliphatic rings. The molecule has 1 unspecified atom stereocenters. The number of hydrogen-bond acceptors (Lipinski definition) is 5. The summed E-state index contributed by atoms with van der Waals surface area (Å²) in [6, 6.07) is 6.09. The Balaban J connectivity index is 1.61. The van der Waals surface area contributed by atoms with E-state index < -0.39 is 6.04 Å². The summed E-state index contributed by atoms with van der Waals surface area (Å²) in [6.45, 7) is 4.54. The zero-order valence-electron chi connectivity index (χ0n) is 16.0. The van der Waals surface area contributed by atoms with Crippen molar-refractivity contribution in [3.05, 3.63) is 29.3 Å². The van der Waals surface area contributed by atoms with Crippen molar-refractivity contribution in [2.45, 2.75) is 12.5 Å². The molecule has 0 aromatic heterocycles. The van der Waals surface area contributed by atoms with E-state index in [4.69, 9.17) is 11.6 Å². The number of para-hydroxylation sites is 1. The van der Waals surface area contributed by atoms with Gasteiger partial charge in [0, 0.05) is 39.3 Å². The van der Waals surface area contributed by atoms with E-state index in [0.29, 0.717) is 23.8 Å². The number of benzene rings is 1. The van der Waals surface area contributed by atoms with Crippen LogP contribution >= 0.6 is 11.6 Å². The van der Waals surface area contributed by atoms with Crippen LogP contribution in [-0.2, 0) is 14.4 Å². The molecule has 3 rings (SSSR count). The summed E-state index contributed by atoms with van der Waals surface area (Å²) < 4.78 is 0. The van der Waals surface area contributed by atoms with E-state index in [-0.39, 0.29) is 30.7 Å². The number of nitrogens with zero attached hydrogens (tertiary/aromatic N) is 3. The first-order chi connectivity index (χ1) is 13.4. The lowest BCUT2D eigenvalue weighted by Crippen LogP contribution is -2.60. The molecule has 9 heteroatoms. The number of halogens is 1. The fourth-order valence-electron chi connectivity index (χ4n) is 3.44. The summed E-state index contributed by atoms with van der Waals surface area (Å²) in [5.74, 6) is -0.769. The molecule has 152 valence electrons. The van der Waals surface area contributed by atoms with E-state index in [1.54, 1.807) is 24.3 Å². The SMILES string of the molecule is CN1CCN(CC(=O)N2CCNC(=O)C2CC(=O)Nc2ccccc2Cl)CC1. The topological polar surface area (TPSA) is 85.0 Å². The lowest BCUT2D eigenvalue weighted by atomic mass is 10.1. The van der Waals surface area contributed by atoms with Gasteiger partial charge in [-0.25, -0.2) is 0 Å². The molecule has 2 aliphatic heterocycles. The molecule has 2 N–H and O–H groups in total. The predicted octanol–water partition coefficient (Wildman–Crippen LogP) is 0.243. The van der Waals surface area contributed by atoms with Crippen molar-refractivity contribution in [1.29, 1.82) is 0 Å². The predicted molar refractivity (Wildman–Crippen MR) is 107 cm³/mol. The molecule has 2 fully saturated rings. The van der Waals surface area contributed by atoms with Gasteiger partial charge in [0.2, 0.25) is 17.7 Å². The van der Waals surface area contributed by atoms with Gasteiger partial charge < -0.3 is 20.4 Å². The van der Waals surface area contributed by atoms with Gasteiger partial charge in [0.25, 0.3) is 0 Å². The number of piperazine rings is 2. The minimum atomic E-state index is -0.809. The second-order valence-electron chi connectivity index (χ2n) is 7.21. The maximum atomic E-state index is 12.8. The fourth-order valence-corrected chi connectivity index (χ4v) is 3.63. The average molecular weight is 408 g/mol. The van der Waals surface area contributed by atoms with Crippen LogP contribution in [0.1, 0.15) is 6.42 Å². The Kier molecular flexibility index (Phi) is 6.88. The molecule has 0 saturated carbocycles. The van der Waals surface area contributed by atoms with Gasteiger partial charge in [0.05, 0.1) is 23.7 Å². The molecule has 1 aromatic carbocycles. The first kappa shape index (κ1) is 20.6. The van der Waals surface area contributed by atoms with Gasteiger partial charge in [-0.2, -0.15) is 0 Å². The third-order valence-corrected chi connectivity index (χ3v) is 5.46. The molecular weight excluding hydrogens is 382 g/mol. The number of carbonyl (C=O) groups excluding carboxylic acids is 3. The van der Waals surface area contributed by atoms with Gasteiger partial charge in [0.15, 0.2) is 0 Å². The molecular formula is C19H26ClN5O3. The maximum absolute atomic E-state index is 12.8. The molecule has 1 atom stereocenters. The van der Waals surface area contributed by atoms with Crippen molar-refractivity contribution < 1.29 is 14.4 Å². The summed E-state index contributed by atoms with van der Waals surface area (Å²) >= 11 is 6.07. The summed E-state index contributed by atoms with van der Waals surface area (Å²) in [4.78, 5) is 43.5. The highest BCUT2D eigenvalue weighted by Gasteiger charge is 2.35. The Morgan fingerprint density at radius 2 is 1.89 bits per heavy atom. The molecule has 28 heavy (non-hydrogen) atoms. The van der Waals surface area contributed by atoms with E-state index in [9.17, 15) is 14.4 Å². The first-order valence-electron chi connectivity index (χ1n) is 9.46. The molecule has 3 amide bonds. The highest BCUT2D eigenvalue weighted by atomic mass is 35.5. The number of rotatable bonds is 5. The number of nitrogens with one attached hydrogen (secondary N) is 2. The van der Waals surface area contributed by atoms with Crippen LogP contribution in [0.15, 0.2) is 24.3 Å². The van der Waals surface area contributed by atoms with Crippen LogP contribution in [0.25, 0.3) is 0 Å². The summed E-state index contributed by atoms with van der Waals surface area (Å²) in [5.41, 5.74) is 0.487. The zero-order chi connectivity index (χ0) is 20.1. The molecule has 2 heterocycles. The lowest BCUT2D eigenvalue weighted by molar-refractivity contribution is -0.145. The number of amides is 3. The number of likely N-dealkylation sites (N-methyl/N-ethyl adjacent to an activating group) is 1. The largest absolute Gasteiger partial charge is 0.353 e. The van der Waals surface area contributed by atoms with E-state index in [2.05, 4.69) is 27.5 Å². The van der Waals surface area contributed by atoms with Gasteiger partial charge in [-0.15, -0.1) is 0 Å². The van der Waals surface area contributed by atoms with Crippen LogP contribution in [-0.4, -0.2) is 91.3 Å². The van der Waals surface area contributed by atoms with Gasteiger partial charge >= 0.3 is 0 Å². The highest BCUT2D eigenvalue weighted by Crippen LogP contribution is 2.21. The van der Waals surface area contributed by atoms with Crippen molar-refractivity contribution in [2.75, 3.05) is 58.2 Å².